The van der Waals surface area contributed by atoms with Crippen molar-refractivity contribution >= 4 is 8.07 Å². The summed E-state index contributed by atoms with van der Waals surface area (Å²) in [6.07, 6.45) is 8.82. The van der Waals surface area contributed by atoms with E-state index in [9.17, 15) is 0 Å². The molecule has 1 nitrogen and oxygen atoms in total. The Morgan fingerprint density at radius 3 is 2.19 bits per heavy atom. The molecule has 0 saturated carbocycles. The highest BCUT2D eigenvalue weighted by Gasteiger charge is 2.36. The summed E-state index contributed by atoms with van der Waals surface area (Å²) in [5.41, 5.74) is 1.41. The van der Waals surface area contributed by atoms with Crippen molar-refractivity contribution in [1.82, 2.24) is 0 Å². The topological polar surface area (TPSA) is 9.23 Å². The van der Waals surface area contributed by atoms with Gasteiger partial charge in [-0.25, -0.2) is 0 Å². The minimum Gasteiger partial charge on any atom is -0.505 e. The van der Waals surface area contributed by atoms with Crippen LogP contribution in [0.15, 0.2) is 24.0 Å². The third-order valence-electron chi connectivity index (χ3n) is 3.50. The average Bonchev–Trinajstić information content (AvgIpc) is 2.12. The van der Waals surface area contributed by atoms with E-state index in [4.69, 9.17) is 4.74 Å². The molecule has 0 aromatic rings. The summed E-state index contributed by atoms with van der Waals surface area (Å²) in [6.45, 7) is 14.0. The lowest BCUT2D eigenvalue weighted by atomic mass is 10.0. The average molecular weight is 240 g/mol. The third-order valence-corrected chi connectivity index (χ3v) is 7.34. The fraction of sp³-hybridized carbons (Fsp3) is 0.714. The van der Waals surface area contributed by atoms with Gasteiger partial charge in [0, 0.05) is 0 Å². The molecule has 16 heavy (non-hydrogen) atoms. The highest BCUT2D eigenvalue weighted by atomic mass is 28.3. The summed E-state index contributed by atoms with van der Waals surface area (Å²) in [5.74, 6) is 0. The molecule has 0 fully saturated rings. The molecule has 94 valence electrons. The van der Waals surface area contributed by atoms with Crippen LogP contribution in [-0.4, -0.2) is 15.2 Å². The van der Waals surface area contributed by atoms with Gasteiger partial charge in [0.1, 0.15) is 0 Å². The van der Waals surface area contributed by atoms with E-state index >= 15 is 0 Å². The van der Waals surface area contributed by atoms with E-state index in [2.05, 4.69) is 52.6 Å². The van der Waals surface area contributed by atoms with Crippen LogP contribution in [0.2, 0.25) is 24.7 Å². The molecule has 0 aromatic heterocycles. The summed E-state index contributed by atoms with van der Waals surface area (Å²) in [7, 11) is 0.503. The van der Waals surface area contributed by atoms with Gasteiger partial charge in [0.2, 0.25) is 0 Å². The van der Waals surface area contributed by atoms with E-state index in [-0.39, 0.29) is 0 Å². The lowest BCUT2D eigenvalue weighted by Crippen LogP contribution is -2.36. The predicted molar refractivity (Wildman–Crippen MR) is 76.5 cm³/mol. The Kier molecular flexibility index (Phi) is 6.09. The molecule has 0 aliphatic rings. The van der Waals surface area contributed by atoms with Crippen LogP contribution in [0.4, 0.5) is 0 Å². The van der Waals surface area contributed by atoms with Gasteiger partial charge in [-0.3, -0.25) is 0 Å². The van der Waals surface area contributed by atoms with E-state index in [1.807, 2.05) is 6.26 Å². The van der Waals surface area contributed by atoms with Gasteiger partial charge in [-0.05, 0) is 37.8 Å². The second-order valence-corrected chi connectivity index (χ2v) is 11.7. The van der Waals surface area contributed by atoms with Crippen LogP contribution in [0.3, 0.4) is 0 Å². The predicted octanol–water partition coefficient (Wildman–Crippen LogP) is 4.99. The molecule has 0 bridgehead atoms. The first-order valence-electron chi connectivity index (χ1n) is 6.07. The number of rotatable bonds is 6. The fourth-order valence-corrected chi connectivity index (χ4v) is 3.05. The standard InChI is InChI=1S/C14H28OSi/c1-13(2)9-8-10-14(3,11-12-15-4)16(5,6)7/h9,11-12H,8,10H2,1-7H3/b12-11+. The lowest BCUT2D eigenvalue weighted by molar-refractivity contribution is 0.334. The Balaban J connectivity index is 4.69. The van der Waals surface area contributed by atoms with Crippen molar-refractivity contribution in [2.45, 2.75) is 58.3 Å². The van der Waals surface area contributed by atoms with Gasteiger partial charge in [0.05, 0.1) is 21.4 Å². The van der Waals surface area contributed by atoms with Gasteiger partial charge in [0.15, 0.2) is 0 Å². The summed E-state index contributed by atoms with van der Waals surface area (Å²) in [4.78, 5) is 0. The van der Waals surface area contributed by atoms with E-state index in [0.29, 0.717) is 5.04 Å². The first kappa shape index (κ1) is 15.5. The second kappa shape index (κ2) is 6.29. The molecule has 1 unspecified atom stereocenters. The monoisotopic (exact) mass is 240 g/mol. The van der Waals surface area contributed by atoms with Crippen LogP contribution in [-0.2, 0) is 4.74 Å². The summed E-state index contributed by atoms with van der Waals surface area (Å²) >= 11 is 0. The van der Waals surface area contributed by atoms with Crippen LogP contribution in [0.25, 0.3) is 0 Å². The zero-order chi connectivity index (χ0) is 12.8. The molecule has 0 heterocycles. The zero-order valence-electron chi connectivity index (χ0n) is 12.1. The first-order chi connectivity index (χ1) is 7.23. The Bertz CT molecular complexity index is 256. The van der Waals surface area contributed by atoms with Gasteiger partial charge in [0.25, 0.3) is 0 Å². The smallest absolute Gasteiger partial charge is 0.0787 e. The van der Waals surface area contributed by atoms with E-state index < -0.39 is 8.07 Å². The van der Waals surface area contributed by atoms with Gasteiger partial charge in [-0.2, -0.15) is 0 Å². The van der Waals surface area contributed by atoms with Crippen molar-refractivity contribution in [2.75, 3.05) is 7.11 Å². The van der Waals surface area contributed by atoms with Crippen molar-refractivity contribution in [1.29, 1.82) is 0 Å². The maximum Gasteiger partial charge on any atom is 0.0787 e. The van der Waals surface area contributed by atoms with Crippen LogP contribution in [0, 0.1) is 0 Å². The molecule has 0 aliphatic heterocycles. The number of methoxy groups -OCH3 is 1. The van der Waals surface area contributed by atoms with Crippen LogP contribution in [0.1, 0.15) is 33.6 Å². The molecular weight excluding hydrogens is 212 g/mol. The molecule has 0 N–H and O–H groups in total. The van der Waals surface area contributed by atoms with E-state index in [1.165, 1.54) is 12.0 Å². The number of hydrogen-bond acceptors (Lipinski definition) is 1. The van der Waals surface area contributed by atoms with Crippen LogP contribution >= 0.6 is 0 Å². The van der Waals surface area contributed by atoms with E-state index in [0.717, 1.165) is 6.42 Å². The minimum atomic E-state index is -1.22. The summed E-state index contributed by atoms with van der Waals surface area (Å²) in [5, 5.41) is 0.314. The van der Waals surface area contributed by atoms with Gasteiger partial charge >= 0.3 is 0 Å². The second-order valence-electron chi connectivity index (χ2n) is 6.03. The Labute approximate surface area is 103 Å². The maximum absolute atomic E-state index is 5.09. The van der Waals surface area contributed by atoms with Crippen molar-refractivity contribution < 1.29 is 4.74 Å². The highest BCUT2D eigenvalue weighted by molar-refractivity contribution is 6.79. The van der Waals surface area contributed by atoms with Gasteiger partial charge in [-0.15, -0.1) is 0 Å². The summed E-state index contributed by atoms with van der Waals surface area (Å²) in [6, 6.07) is 0. The molecule has 0 rings (SSSR count). The molecule has 0 aromatic carbocycles. The largest absolute Gasteiger partial charge is 0.505 e. The normalized spacial score (nSPS) is 15.9. The van der Waals surface area contributed by atoms with Crippen molar-refractivity contribution in [3.8, 4) is 0 Å². The molecule has 2 heteroatoms. The zero-order valence-corrected chi connectivity index (χ0v) is 13.1. The number of allylic oxidation sites excluding steroid dienone is 3. The number of ether oxygens (including phenoxy) is 1. The first-order valence-corrected chi connectivity index (χ1v) is 9.57. The van der Waals surface area contributed by atoms with Gasteiger partial charge < -0.3 is 4.74 Å². The molecule has 0 amide bonds. The molecule has 0 spiro atoms. The Morgan fingerprint density at radius 2 is 1.81 bits per heavy atom. The minimum absolute atomic E-state index is 0.314. The molecule has 1 atom stereocenters. The Morgan fingerprint density at radius 1 is 1.25 bits per heavy atom. The number of hydrogen-bond donors (Lipinski definition) is 0. The third kappa shape index (κ3) is 5.02. The quantitative estimate of drug-likeness (QED) is 0.361. The molecule has 0 aliphatic carbocycles. The maximum atomic E-state index is 5.09. The van der Waals surface area contributed by atoms with Crippen LogP contribution in [0.5, 0.6) is 0 Å². The van der Waals surface area contributed by atoms with Crippen molar-refractivity contribution in [2.24, 2.45) is 0 Å². The fourth-order valence-electron chi connectivity index (χ4n) is 1.59. The SMILES string of the molecule is CO/C=C/C(C)(CCC=C(C)C)[Si](C)(C)C. The highest BCUT2D eigenvalue weighted by Crippen LogP contribution is 2.43. The van der Waals surface area contributed by atoms with Gasteiger partial charge in [-0.1, -0.05) is 38.2 Å². The molecule has 0 radical (unpaired) electrons. The van der Waals surface area contributed by atoms with Crippen molar-refractivity contribution in [3.63, 3.8) is 0 Å². The lowest BCUT2D eigenvalue weighted by Gasteiger charge is -2.38. The molecule has 0 saturated heterocycles. The van der Waals surface area contributed by atoms with E-state index in [1.54, 1.807) is 7.11 Å². The summed E-state index contributed by atoms with van der Waals surface area (Å²) < 4.78 is 5.09. The van der Waals surface area contributed by atoms with Crippen molar-refractivity contribution in [3.05, 3.63) is 24.0 Å². The Hall–Kier alpha value is -0.503. The van der Waals surface area contributed by atoms with Crippen LogP contribution < -0.4 is 0 Å². The molecular formula is C14H28OSi.